The van der Waals surface area contributed by atoms with E-state index in [1.165, 1.54) is 37.0 Å². The van der Waals surface area contributed by atoms with E-state index in [-0.39, 0.29) is 18.4 Å². The molecule has 0 saturated heterocycles. The lowest BCUT2D eigenvalue weighted by Gasteiger charge is -2.04. The van der Waals surface area contributed by atoms with Gasteiger partial charge in [0.15, 0.2) is 5.13 Å². The van der Waals surface area contributed by atoms with E-state index in [1.807, 2.05) is 0 Å². The molecule has 100 valence electrons. The molecule has 1 amide bonds. The van der Waals surface area contributed by atoms with Crippen LogP contribution in [0.25, 0.3) is 0 Å². The Morgan fingerprint density at radius 2 is 2.21 bits per heavy atom. The zero-order valence-electron chi connectivity index (χ0n) is 10.6. The van der Waals surface area contributed by atoms with Gasteiger partial charge in [-0.2, -0.15) is 0 Å². The van der Waals surface area contributed by atoms with Gasteiger partial charge in [-0.15, -0.1) is 0 Å². The van der Waals surface area contributed by atoms with Crippen molar-refractivity contribution in [3.05, 3.63) is 11.1 Å². The Bertz CT molecular complexity index is 531. The van der Waals surface area contributed by atoms with Crippen molar-refractivity contribution in [2.75, 3.05) is 11.9 Å². The van der Waals surface area contributed by atoms with E-state index in [0.29, 0.717) is 17.0 Å². The van der Waals surface area contributed by atoms with Gasteiger partial charge in [-0.1, -0.05) is 36.0 Å². The summed E-state index contributed by atoms with van der Waals surface area (Å²) < 4.78 is 0. The smallest absolute Gasteiger partial charge is 0.229 e. The van der Waals surface area contributed by atoms with Crippen LogP contribution in [0.3, 0.4) is 0 Å². The number of nitrogens with zero attached hydrogens (tertiary/aromatic N) is 1. The molecule has 4 nitrogen and oxygen atoms in total. The summed E-state index contributed by atoms with van der Waals surface area (Å²) >= 11 is 1.35. The lowest BCUT2D eigenvalue weighted by Crippen LogP contribution is -2.15. The Labute approximate surface area is 116 Å². The highest BCUT2D eigenvalue weighted by molar-refractivity contribution is 7.16. The summed E-state index contributed by atoms with van der Waals surface area (Å²) in [4.78, 5) is 17.0. The summed E-state index contributed by atoms with van der Waals surface area (Å²) in [7, 11) is 0. The number of aromatic nitrogens is 1. The fourth-order valence-corrected chi connectivity index (χ4v) is 3.78. The van der Waals surface area contributed by atoms with Gasteiger partial charge in [0, 0.05) is 5.92 Å². The lowest BCUT2D eigenvalue weighted by molar-refractivity contribution is -0.117. The van der Waals surface area contributed by atoms with Crippen LogP contribution in [0.4, 0.5) is 5.13 Å². The molecule has 2 fully saturated rings. The molecule has 2 atom stereocenters. The Morgan fingerprint density at radius 3 is 2.89 bits per heavy atom. The molecule has 2 aliphatic carbocycles. The second-order valence-corrected chi connectivity index (χ2v) is 6.15. The Kier molecular flexibility index (Phi) is 3.54. The summed E-state index contributed by atoms with van der Waals surface area (Å²) in [6.45, 7) is -0.162. The van der Waals surface area contributed by atoms with Gasteiger partial charge in [-0.3, -0.25) is 4.79 Å². The summed E-state index contributed by atoms with van der Waals surface area (Å²) in [5, 5.41) is 12.1. The number of thiazole rings is 1. The number of amides is 1. The molecule has 1 aromatic heterocycles. The molecule has 0 spiro atoms. The van der Waals surface area contributed by atoms with Crippen molar-refractivity contribution in [3.63, 3.8) is 0 Å². The second kappa shape index (κ2) is 5.32. The maximum Gasteiger partial charge on any atom is 0.229 e. The minimum Gasteiger partial charge on any atom is -0.384 e. The molecular weight excluding hydrogens is 260 g/mol. The lowest BCUT2D eigenvalue weighted by atomic mass is 10.0. The van der Waals surface area contributed by atoms with Crippen molar-refractivity contribution in [2.45, 2.75) is 25.7 Å². The van der Waals surface area contributed by atoms with Crippen LogP contribution >= 0.6 is 11.3 Å². The molecule has 2 aliphatic rings. The summed E-state index contributed by atoms with van der Waals surface area (Å²) in [6.07, 6.45) is 6.57. The van der Waals surface area contributed by atoms with Gasteiger partial charge >= 0.3 is 0 Å². The van der Waals surface area contributed by atoms with Gasteiger partial charge in [0.05, 0.1) is 11.1 Å². The molecule has 1 aromatic rings. The number of anilines is 1. The Balaban J connectivity index is 1.59. The highest BCUT2D eigenvalue weighted by Gasteiger charge is 2.54. The van der Waals surface area contributed by atoms with Crippen LogP contribution in [0.15, 0.2) is 6.20 Å². The van der Waals surface area contributed by atoms with Crippen LogP contribution in [0, 0.1) is 29.6 Å². The third-order valence-electron chi connectivity index (χ3n) is 3.99. The first-order valence-electron chi connectivity index (χ1n) is 6.66. The quantitative estimate of drug-likeness (QED) is 0.811. The van der Waals surface area contributed by atoms with E-state index in [1.54, 1.807) is 6.20 Å². The minimum absolute atomic E-state index is 0.118. The number of fused-ring (bicyclic) bond motifs is 1. The van der Waals surface area contributed by atoms with E-state index in [0.717, 1.165) is 4.88 Å². The number of carbonyl (C=O) groups excluding carboxylic acids is 1. The molecule has 2 N–H and O–H groups in total. The van der Waals surface area contributed by atoms with Gasteiger partial charge in [0.1, 0.15) is 6.61 Å². The summed E-state index contributed by atoms with van der Waals surface area (Å²) in [5.41, 5.74) is 0. The molecule has 5 heteroatoms. The van der Waals surface area contributed by atoms with Gasteiger partial charge in [0.25, 0.3) is 0 Å². The standard InChI is InChI=1S/C14H16N2O2S/c17-7-3-4-9-8-15-14(19-9)16-13(18)12-10-5-1-2-6-11(10)12/h8,10-12,17H,1-2,5-7H2,(H,15,16,18). The van der Waals surface area contributed by atoms with Crippen LogP contribution in [-0.2, 0) is 4.79 Å². The number of hydrogen-bond donors (Lipinski definition) is 2. The van der Waals surface area contributed by atoms with Crippen molar-refractivity contribution < 1.29 is 9.90 Å². The van der Waals surface area contributed by atoms with Gasteiger partial charge in [0.2, 0.25) is 5.91 Å². The SMILES string of the molecule is O=C(Nc1ncc(C#CCO)s1)C1C2CCCCC21. The number of rotatable bonds is 2. The van der Waals surface area contributed by atoms with Crippen LogP contribution < -0.4 is 5.32 Å². The molecule has 0 aromatic carbocycles. The van der Waals surface area contributed by atoms with Gasteiger partial charge < -0.3 is 10.4 Å². The van der Waals surface area contributed by atoms with Gasteiger partial charge in [-0.05, 0) is 24.7 Å². The van der Waals surface area contributed by atoms with E-state index in [9.17, 15) is 4.79 Å². The molecule has 3 rings (SSSR count). The molecule has 19 heavy (non-hydrogen) atoms. The molecule has 0 radical (unpaired) electrons. The normalized spacial score (nSPS) is 27.9. The van der Waals surface area contributed by atoms with E-state index in [2.05, 4.69) is 22.1 Å². The summed E-state index contributed by atoms with van der Waals surface area (Å²) in [6, 6.07) is 0. The average Bonchev–Trinajstić information content (AvgIpc) is 3.00. The number of hydrogen-bond acceptors (Lipinski definition) is 4. The van der Waals surface area contributed by atoms with Crippen molar-refractivity contribution >= 4 is 22.4 Å². The minimum atomic E-state index is -0.162. The zero-order valence-corrected chi connectivity index (χ0v) is 11.4. The van der Waals surface area contributed by atoms with Crippen molar-refractivity contribution in [1.29, 1.82) is 0 Å². The fourth-order valence-electron chi connectivity index (χ4n) is 3.09. The first kappa shape index (κ1) is 12.6. The molecule has 2 saturated carbocycles. The number of nitrogens with one attached hydrogen (secondary N) is 1. The summed E-state index contributed by atoms with van der Waals surface area (Å²) in [5.74, 6) is 6.91. The van der Waals surface area contributed by atoms with E-state index >= 15 is 0 Å². The van der Waals surface area contributed by atoms with Crippen LogP contribution in [0.1, 0.15) is 30.6 Å². The van der Waals surface area contributed by atoms with Gasteiger partial charge in [-0.25, -0.2) is 4.98 Å². The molecule has 0 aliphatic heterocycles. The van der Waals surface area contributed by atoms with Crippen molar-refractivity contribution in [3.8, 4) is 11.8 Å². The number of carbonyl (C=O) groups is 1. The first-order valence-corrected chi connectivity index (χ1v) is 7.47. The second-order valence-electron chi connectivity index (χ2n) is 5.12. The number of aliphatic hydroxyl groups is 1. The van der Waals surface area contributed by atoms with E-state index < -0.39 is 0 Å². The topological polar surface area (TPSA) is 62.2 Å². The van der Waals surface area contributed by atoms with E-state index in [4.69, 9.17) is 5.11 Å². The monoisotopic (exact) mass is 276 g/mol. The third-order valence-corrected chi connectivity index (χ3v) is 4.81. The first-order chi connectivity index (χ1) is 9.29. The highest BCUT2D eigenvalue weighted by atomic mass is 32.1. The largest absolute Gasteiger partial charge is 0.384 e. The zero-order chi connectivity index (χ0) is 13.2. The van der Waals surface area contributed by atoms with Crippen LogP contribution in [-0.4, -0.2) is 22.6 Å². The predicted octanol–water partition coefficient (Wildman–Crippen LogP) is 1.86. The average molecular weight is 276 g/mol. The third kappa shape index (κ3) is 2.65. The number of aliphatic hydroxyl groups excluding tert-OH is 1. The molecule has 0 bridgehead atoms. The Morgan fingerprint density at radius 1 is 1.47 bits per heavy atom. The van der Waals surface area contributed by atoms with Crippen molar-refractivity contribution in [2.24, 2.45) is 17.8 Å². The maximum absolute atomic E-state index is 12.1. The maximum atomic E-state index is 12.1. The Hall–Kier alpha value is -1.38. The molecular formula is C14H16N2O2S. The fraction of sp³-hybridized carbons (Fsp3) is 0.571. The molecule has 1 heterocycles. The van der Waals surface area contributed by atoms with Crippen LogP contribution in [0.5, 0.6) is 0 Å². The predicted molar refractivity (Wildman–Crippen MR) is 73.6 cm³/mol. The molecule has 2 unspecified atom stereocenters. The van der Waals surface area contributed by atoms with Crippen LogP contribution in [0.2, 0.25) is 0 Å². The van der Waals surface area contributed by atoms with Crippen molar-refractivity contribution in [1.82, 2.24) is 4.98 Å². The highest BCUT2D eigenvalue weighted by Crippen LogP contribution is 2.55.